The average molecular weight is 241 g/mol. The van der Waals surface area contributed by atoms with Crippen molar-refractivity contribution in [2.75, 3.05) is 5.73 Å². The normalized spacial score (nSPS) is 10.5. The molecule has 0 saturated heterocycles. The Hall–Kier alpha value is -2.03. The lowest BCUT2D eigenvalue weighted by Gasteiger charge is -2.05. The smallest absolute Gasteiger partial charge is 0.127 e. The van der Waals surface area contributed by atoms with Gasteiger partial charge in [0.25, 0.3) is 0 Å². The second-order valence-electron chi connectivity index (χ2n) is 4.28. The Morgan fingerprint density at radius 2 is 2.06 bits per heavy atom. The summed E-state index contributed by atoms with van der Waals surface area (Å²) in [4.78, 5) is 4.63. The highest BCUT2D eigenvalue weighted by molar-refractivity contribution is 5.41. The van der Waals surface area contributed by atoms with E-state index in [0.29, 0.717) is 0 Å². The molecular weight excluding hydrogens is 222 g/mol. The number of rotatable bonds is 5. The lowest BCUT2D eigenvalue weighted by atomic mass is 10.1. The van der Waals surface area contributed by atoms with Crippen LogP contribution in [0.15, 0.2) is 43.0 Å². The molecule has 3 nitrogen and oxygen atoms in total. The monoisotopic (exact) mass is 241 g/mol. The molecule has 0 fully saturated rings. The number of nitrogen functional groups attached to an aromatic ring is 1. The molecule has 0 aliphatic heterocycles. The summed E-state index contributed by atoms with van der Waals surface area (Å²) in [6.45, 7) is 6.57. The van der Waals surface area contributed by atoms with Gasteiger partial charge in [-0.05, 0) is 5.56 Å². The second kappa shape index (κ2) is 5.54. The van der Waals surface area contributed by atoms with Crippen molar-refractivity contribution in [2.45, 2.75) is 26.3 Å². The van der Waals surface area contributed by atoms with Crippen LogP contribution in [-0.4, -0.2) is 9.55 Å². The maximum Gasteiger partial charge on any atom is 0.127 e. The predicted molar refractivity (Wildman–Crippen MR) is 75.5 cm³/mol. The van der Waals surface area contributed by atoms with Crippen molar-refractivity contribution in [1.29, 1.82) is 0 Å². The number of imidazole rings is 1. The van der Waals surface area contributed by atoms with E-state index in [2.05, 4.69) is 30.6 Å². The van der Waals surface area contributed by atoms with Gasteiger partial charge in [0.05, 0.1) is 5.69 Å². The number of aromatic nitrogens is 2. The summed E-state index contributed by atoms with van der Waals surface area (Å²) in [5, 5.41) is 0. The summed E-state index contributed by atoms with van der Waals surface area (Å²) in [6, 6.07) is 10.3. The summed E-state index contributed by atoms with van der Waals surface area (Å²) in [6.07, 6.45) is 3.51. The molecular formula is C15H19N3. The second-order valence-corrected chi connectivity index (χ2v) is 4.28. The van der Waals surface area contributed by atoms with E-state index in [0.717, 1.165) is 36.7 Å². The van der Waals surface area contributed by atoms with E-state index in [4.69, 9.17) is 5.73 Å². The number of allylic oxidation sites excluding steroid dienone is 1. The summed E-state index contributed by atoms with van der Waals surface area (Å²) >= 11 is 0. The molecule has 2 N–H and O–H groups in total. The molecule has 1 aromatic heterocycles. The fraction of sp³-hybridized carbons (Fsp3) is 0.267. The lowest BCUT2D eigenvalue weighted by Crippen LogP contribution is -2.05. The Bertz CT molecular complexity index is 526. The third-order valence-corrected chi connectivity index (χ3v) is 3.00. The molecule has 0 aliphatic carbocycles. The molecule has 0 atom stereocenters. The van der Waals surface area contributed by atoms with E-state index < -0.39 is 0 Å². The van der Waals surface area contributed by atoms with Crippen molar-refractivity contribution in [1.82, 2.24) is 9.55 Å². The van der Waals surface area contributed by atoms with E-state index in [1.54, 1.807) is 0 Å². The molecule has 0 amide bonds. The van der Waals surface area contributed by atoms with Crippen LogP contribution in [0.4, 0.5) is 5.82 Å². The van der Waals surface area contributed by atoms with Crippen molar-refractivity contribution < 1.29 is 0 Å². The van der Waals surface area contributed by atoms with Gasteiger partial charge in [0.15, 0.2) is 0 Å². The first-order valence-electron chi connectivity index (χ1n) is 6.24. The molecule has 2 aromatic rings. The Labute approximate surface area is 108 Å². The minimum atomic E-state index is 0.719. The lowest BCUT2D eigenvalue weighted by molar-refractivity contribution is 0.757. The van der Waals surface area contributed by atoms with Crippen LogP contribution in [-0.2, 0) is 19.4 Å². The molecule has 2 rings (SSSR count). The highest BCUT2D eigenvalue weighted by Gasteiger charge is 2.12. The van der Waals surface area contributed by atoms with Crippen LogP contribution >= 0.6 is 0 Å². The van der Waals surface area contributed by atoms with Gasteiger partial charge in [-0.15, -0.1) is 6.58 Å². The molecule has 0 radical (unpaired) electrons. The number of benzene rings is 1. The Morgan fingerprint density at radius 1 is 1.33 bits per heavy atom. The first-order valence-corrected chi connectivity index (χ1v) is 6.24. The zero-order valence-corrected chi connectivity index (χ0v) is 10.8. The van der Waals surface area contributed by atoms with Gasteiger partial charge in [-0.3, -0.25) is 0 Å². The predicted octanol–water partition coefficient (Wildman–Crippen LogP) is 2.80. The zero-order valence-electron chi connectivity index (χ0n) is 10.8. The van der Waals surface area contributed by atoms with Gasteiger partial charge in [0.1, 0.15) is 11.6 Å². The molecule has 0 aliphatic rings. The summed E-state index contributed by atoms with van der Waals surface area (Å²) in [5.41, 5.74) is 8.36. The molecule has 1 aromatic carbocycles. The zero-order chi connectivity index (χ0) is 13.0. The van der Waals surface area contributed by atoms with Crippen LogP contribution in [0.25, 0.3) is 0 Å². The van der Waals surface area contributed by atoms with Crippen LogP contribution in [0, 0.1) is 0 Å². The van der Waals surface area contributed by atoms with Gasteiger partial charge in [-0.1, -0.05) is 43.3 Å². The van der Waals surface area contributed by atoms with Crippen LogP contribution in [0.5, 0.6) is 0 Å². The van der Waals surface area contributed by atoms with Gasteiger partial charge in [-0.25, -0.2) is 4.98 Å². The fourth-order valence-corrected chi connectivity index (χ4v) is 2.09. The molecule has 3 heteroatoms. The first-order chi connectivity index (χ1) is 8.76. The highest BCUT2D eigenvalue weighted by Crippen LogP contribution is 2.18. The molecule has 1 heterocycles. The molecule has 0 unspecified atom stereocenters. The Morgan fingerprint density at radius 3 is 2.67 bits per heavy atom. The molecule has 0 bridgehead atoms. The van der Waals surface area contributed by atoms with E-state index in [-0.39, 0.29) is 0 Å². The summed E-state index contributed by atoms with van der Waals surface area (Å²) in [7, 11) is 0. The maximum atomic E-state index is 6.17. The fourth-order valence-electron chi connectivity index (χ4n) is 2.09. The topological polar surface area (TPSA) is 43.8 Å². The summed E-state index contributed by atoms with van der Waals surface area (Å²) < 4.78 is 2.03. The van der Waals surface area contributed by atoms with Crippen LogP contribution in [0.1, 0.15) is 24.0 Å². The average Bonchev–Trinajstić information content (AvgIpc) is 2.69. The van der Waals surface area contributed by atoms with Crippen molar-refractivity contribution >= 4 is 5.82 Å². The van der Waals surface area contributed by atoms with Gasteiger partial charge in [0.2, 0.25) is 0 Å². The molecule has 94 valence electrons. The van der Waals surface area contributed by atoms with E-state index >= 15 is 0 Å². The van der Waals surface area contributed by atoms with Crippen molar-refractivity contribution in [3.05, 3.63) is 60.1 Å². The first kappa shape index (κ1) is 12.4. The number of aryl methyl sites for hydroxylation is 1. The van der Waals surface area contributed by atoms with Crippen molar-refractivity contribution in [2.24, 2.45) is 0 Å². The third kappa shape index (κ3) is 2.45. The largest absolute Gasteiger partial charge is 0.384 e. The Balaban J connectivity index is 2.31. The SMILES string of the molecule is C=CCn1c(CC)nc(Cc2ccccc2)c1N. The van der Waals surface area contributed by atoms with E-state index in [1.807, 2.05) is 28.8 Å². The quantitative estimate of drug-likeness (QED) is 0.818. The van der Waals surface area contributed by atoms with E-state index in [9.17, 15) is 0 Å². The number of nitrogens with two attached hydrogens (primary N) is 1. The minimum absolute atomic E-state index is 0.719. The standard InChI is InChI=1S/C15H19N3/c1-3-10-18-14(4-2)17-13(15(18)16)11-12-8-6-5-7-9-12/h3,5-9H,1,4,10-11,16H2,2H3. The summed E-state index contributed by atoms with van der Waals surface area (Å²) in [5.74, 6) is 1.79. The van der Waals surface area contributed by atoms with Crippen molar-refractivity contribution in [3.8, 4) is 0 Å². The number of hydrogen-bond donors (Lipinski definition) is 1. The van der Waals surface area contributed by atoms with E-state index in [1.165, 1.54) is 5.56 Å². The van der Waals surface area contributed by atoms with Gasteiger partial charge in [-0.2, -0.15) is 0 Å². The Kier molecular flexibility index (Phi) is 3.82. The molecule has 0 saturated carbocycles. The number of nitrogens with zero attached hydrogens (tertiary/aromatic N) is 2. The highest BCUT2D eigenvalue weighted by atomic mass is 15.1. The molecule has 0 spiro atoms. The minimum Gasteiger partial charge on any atom is -0.384 e. The van der Waals surface area contributed by atoms with Crippen molar-refractivity contribution in [3.63, 3.8) is 0 Å². The number of hydrogen-bond acceptors (Lipinski definition) is 2. The molecule has 18 heavy (non-hydrogen) atoms. The number of anilines is 1. The van der Waals surface area contributed by atoms with Crippen LogP contribution in [0.2, 0.25) is 0 Å². The maximum absolute atomic E-state index is 6.17. The van der Waals surface area contributed by atoms with Gasteiger partial charge < -0.3 is 10.3 Å². The van der Waals surface area contributed by atoms with Gasteiger partial charge >= 0.3 is 0 Å². The van der Waals surface area contributed by atoms with Crippen LogP contribution in [0.3, 0.4) is 0 Å². The van der Waals surface area contributed by atoms with Gasteiger partial charge in [0, 0.05) is 19.4 Å². The van der Waals surface area contributed by atoms with Crippen LogP contribution < -0.4 is 5.73 Å². The third-order valence-electron chi connectivity index (χ3n) is 3.00.